The van der Waals surface area contributed by atoms with Crippen molar-refractivity contribution in [3.05, 3.63) is 101 Å². The highest BCUT2D eigenvalue weighted by molar-refractivity contribution is 6.05. The number of likely N-dealkylation sites (tertiary alicyclic amines) is 1. The first-order chi connectivity index (χ1) is 19.2. The van der Waals surface area contributed by atoms with Crippen molar-refractivity contribution in [1.29, 1.82) is 0 Å². The Morgan fingerprint density at radius 3 is 2.40 bits per heavy atom. The van der Waals surface area contributed by atoms with Crippen LogP contribution in [0.3, 0.4) is 0 Å². The van der Waals surface area contributed by atoms with Crippen LogP contribution >= 0.6 is 0 Å². The lowest BCUT2D eigenvalue weighted by atomic mass is 10.0. The quantitative estimate of drug-likeness (QED) is 0.339. The van der Waals surface area contributed by atoms with Gasteiger partial charge in [-0.3, -0.25) is 14.5 Å². The Morgan fingerprint density at radius 1 is 0.950 bits per heavy atom. The van der Waals surface area contributed by atoms with Crippen molar-refractivity contribution in [2.75, 3.05) is 29.4 Å². The van der Waals surface area contributed by atoms with Crippen LogP contribution in [0.25, 0.3) is 6.08 Å². The van der Waals surface area contributed by atoms with Crippen LogP contribution in [0.15, 0.2) is 78.9 Å². The number of amides is 2. The maximum Gasteiger partial charge on any atom is 0.416 e. The van der Waals surface area contributed by atoms with Gasteiger partial charge in [0, 0.05) is 56.6 Å². The van der Waals surface area contributed by atoms with Crippen LogP contribution in [0.4, 0.5) is 24.5 Å². The number of fused-ring (bicyclic) bond motifs is 1. The third-order valence-electron chi connectivity index (χ3n) is 7.66. The van der Waals surface area contributed by atoms with Gasteiger partial charge in [-0.1, -0.05) is 48.5 Å². The smallest absolute Gasteiger partial charge is 0.312 e. The van der Waals surface area contributed by atoms with Crippen LogP contribution in [0.5, 0.6) is 0 Å². The molecule has 208 valence electrons. The summed E-state index contributed by atoms with van der Waals surface area (Å²) in [6, 6.07) is 20.9. The van der Waals surface area contributed by atoms with Gasteiger partial charge < -0.3 is 9.80 Å². The SMILES string of the molecule is CC(=O)N1CCc2ccc(N(C(=O)/C=C/c3cccc(C(F)(F)F)c3)C3CCN(Cc4ccccc4)CC3)cc21. The molecule has 2 aliphatic heterocycles. The molecule has 0 unspecified atom stereocenters. The summed E-state index contributed by atoms with van der Waals surface area (Å²) >= 11 is 0. The Hall–Kier alpha value is -3.91. The molecule has 0 bridgehead atoms. The molecule has 8 heteroatoms. The molecule has 0 saturated carbocycles. The van der Waals surface area contributed by atoms with Gasteiger partial charge in [-0.15, -0.1) is 0 Å². The predicted molar refractivity (Wildman–Crippen MR) is 151 cm³/mol. The lowest BCUT2D eigenvalue weighted by molar-refractivity contribution is -0.137. The standard InChI is InChI=1S/C32H32F3N3O2/c1-23(39)37-19-14-26-11-12-29(21-30(26)37)38(28-15-17-36(18-16-28)22-25-6-3-2-4-7-25)31(40)13-10-24-8-5-9-27(20-24)32(33,34)35/h2-13,20-21,28H,14-19,22H2,1H3/b13-10+. The van der Waals surface area contributed by atoms with Gasteiger partial charge in [0.25, 0.3) is 5.91 Å². The fraction of sp³-hybridized carbons (Fsp3) is 0.312. The molecular formula is C32H32F3N3O2. The van der Waals surface area contributed by atoms with E-state index in [1.165, 1.54) is 30.7 Å². The molecule has 3 aromatic rings. The molecule has 1 saturated heterocycles. The molecular weight excluding hydrogens is 515 g/mol. The Morgan fingerprint density at radius 2 is 1.70 bits per heavy atom. The first-order valence-corrected chi connectivity index (χ1v) is 13.5. The van der Waals surface area contributed by atoms with Gasteiger partial charge in [0.05, 0.1) is 5.56 Å². The van der Waals surface area contributed by atoms with Gasteiger partial charge in [0.1, 0.15) is 0 Å². The Labute approximate surface area is 232 Å². The van der Waals surface area contributed by atoms with Crippen molar-refractivity contribution in [2.24, 2.45) is 0 Å². The summed E-state index contributed by atoms with van der Waals surface area (Å²) in [6.07, 6.45) is 0.593. The van der Waals surface area contributed by atoms with Crippen LogP contribution in [0.1, 0.15) is 42.0 Å². The third kappa shape index (κ3) is 6.28. The summed E-state index contributed by atoms with van der Waals surface area (Å²) < 4.78 is 39.6. The molecule has 2 heterocycles. The van der Waals surface area contributed by atoms with Crippen molar-refractivity contribution < 1.29 is 22.8 Å². The number of nitrogens with zero attached hydrogens (tertiary/aromatic N) is 3. The van der Waals surface area contributed by atoms with E-state index in [0.29, 0.717) is 17.8 Å². The highest BCUT2D eigenvalue weighted by atomic mass is 19.4. The van der Waals surface area contributed by atoms with E-state index in [9.17, 15) is 22.8 Å². The summed E-state index contributed by atoms with van der Waals surface area (Å²) in [5, 5.41) is 0. The fourth-order valence-corrected chi connectivity index (χ4v) is 5.61. The van der Waals surface area contributed by atoms with Gasteiger partial charge in [-0.05, 0) is 66.3 Å². The molecule has 40 heavy (non-hydrogen) atoms. The lowest BCUT2D eigenvalue weighted by Gasteiger charge is -2.38. The zero-order chi connectivity index (χ0) is 28.3. The zero-order valence-corrected chi connectivity index (χ0v) is 22.4. The van der Waals surface area contributed by atoms with Crippen molar-refractivity contribution in [3.63, 3.8) is 0 Å². The van der Waals surface area contributed by atoms with E-state index in [1.54, 1.807) is 15.9 Å². The number of carbonyl (C=O) groups is 2. The van der Waals surface area contributed by atoms with Crippen molar-refractivity contribution in [2.45, 2.75) is 44.9 Å². The fourth-order valence-electron chi connectivity index (χ4n) is 5.61. The molecule has 5 nitrogen and oxygen atoms in total. The number of piperidine rings is 1. The molecule has 0 aliphatic carbocycles. The van der Waals surface area contributed by atoms with Crippen LogP contribution in [0.2, 0.25) is 0 Å². The highest BCUT2D eigenvalue weighted by Gasteiger charge is 2.32. The number of hydrogen-bond acceptors (Lipinski definition) is 3. The maximum absolute atomic E-state index is 13.7. The molecule has 1 fully saturated rings. The van der Waals surface area contributed by atoms with E-state index >= 15 is 0 Å². The predicted octanol–water partition coefficient (Wildman–Crippen LogP) is 6.33. The number of benzene rings is 3. The van der Waals surface area contributed by atoms with Gasteiger partial charge in [-0.25, -0.2) is 0 Å². The number of halogens is 3. The van der Waals surface area contributed by atoms with E-state index < -0.39 is 11.7 Å². The molecule has 0 aromatic heterocycles. The molecule has 2 amide bonds. The monoisotopic (exact) mass is 547 g/mol. The summed E-state index contributed by atoms with van der Waals surface area (Å²) in [6.45, 7) is 4.60. The molecule has 0 N–H and O–H groups in total. The van der Waals surface area contributed by atoms with Gasteiger partial charge in [0.15, 0.2) is 0 Å². The average molecular weight is 548 g/mol. The first kappa shape index (κ1) is 27.6. The lowest BCUT2D eigenvalue weighted by Crippen LogP contribution is -2.47. The third-order valence-corrected chi connectivity index (χ3v) is 7.66. The second-order valence-electron chi connectivity index (χ2n) is 10.4. The number of carbonyl (C=O) groups excluding carboxylic acids is 2. The maximum atomic E-state index is 13.7. The van der Waals surface area contributed by atoms with E-state index in [4.69, 9.17) is 0 Å². The molecule has 2 aliphatic rings. The van der Waals surface area contributed by atoms with Crippen molar-refractivity contribution in [1.82, 2.24) is 4.90 Å². The molecule has 0 spiro atoms. The van der Waals surface area contributed by atoms with Crippen LogP contribution in [-0.2, 0) is 28.7 Å². The van der Waals surface area contributed by atoms with E-state index in [-0.39, 0.29) is 17.9 Å². The Balaban J connectivity index is 1.40. The Kier molecular flexibility index (Phi) is 8.07. The van der Waals surface area contributed by atoms with E-state index in [1.807, 2.05) is 36.4 Å². The molecule has 0 atom stereocenters. The Bertz CT molecular complexity index is 1400. The number of hydrogen-bond donors (Lipinski definition) is 0. The number of alkyl halides is 3. The van der Waals surface area contributed by atoms with E-state index in [2.05, 4.69) is 17.0 Å². The second-order valence-corrected chi connectivity index (χ2v) is 10.4. The zero-order valence-electron chi connectivity index (χ0n) is 22.4. The largest absolute Gasteiger partial charge is 0.416 e. The topological polar surface area (TPSA) is 43.9 Å². The van der Waals surface area contributed by atoms with E-state index in [0.717, 1.165) is 62.3 Å². The number of rotatable bonds is 6. The minimum atomic E-state index is -4.46. The minimum Gasteiger partial charge on any atom is -0.312 e. The van der Waals surface area contributed by atoms with Crippen molar-refractivity contribution in [3.8, 4) is 0 Å². The summed E-state index contributed by atoms with van der Waals surface area (Å²) in [4.78, 5) is 31.8. The van der Waals surface area contributed by atoms with Crippen LogP contribution in [0, 0.1) is 0 Å². The highest BCUT2D eigenvalue weighted by Crippen LogP contribution is 2.35. The summed E-state index contributed by atoms with van der Waals surface area (Å²) in [7, 11) is 0. The van der Waals surface area contributed by atoms with Gasteiger partial charge >= 0.3 is 6.18 Å². The summed E-state index contributed by atoms with van der Waals surface area (Å²) in [5.41, 5.74) is 3.34. The molecule has 3 aromatic carbocycles. The minimum absolute atomic E-state index is 0.0487. The summed E-state index contributed by atoms with van der Waals surface area (Å²) in [5.74, 6) is -0.348. The number of anilines is 2. The van der Waals surface area contributed by atoms with Crippen molar-refractivity contribution >= 4 is 29.3 Å². The molecule has 5 rings (SSSR count). The second kappa shape index (κ2) is 11.7. The van der Waals surface area contributed by atoms with Gasteiger partial charge in [-0.2, -0.15) is 13.2 Å². The normalized spacial score (nSPS) is 16.4. The first-order valence-electron chi connectivity index (χ1n) is 13.5. The molecule has 0 radical (unpaired) electrons. The van der Waals surface area contributed by atoms with Crippen LogP contribution < -0.4 is 9.80 Å². The van der Waals surface area contributed by atoms with Crippen LogP contribution in [-0.4, -0.2) is 42.4 Å². The average Bonchev–Trinajstić information content (AvgIpc) is 3.37. The van der Waals surface area contributed by atoms with Gasteiger partial charge in [0.2, 0.25) is 5.91 Å².